The molecule has 21 heteroatoms. The third-order valence-electron chi connectivity index (χ3n) is 9.19. The lowest BCUT2D eigenvalue weighted by Gasteiger charge is -2.08. The van der Waals surface area contributed by atoms with E-state index in [1.54, 1.807) is 110 Å². The molecule has 0 saturated carbocycles. The van der Waals surface area contributed by atoms with Crippen LogP contribution in [0.2, 0.25) is 0 Å². The summed E-state index contributed by atoms with van der Waals surface area (Å²) in [6.07, 6.45) is 11.5. The second kappa shape index (κ2) is 88.8. The molecule has 0 saturated heterocycles. The highest BCUT2D eigenvalue weighted by Crippen LogP contribution is 2.20. The van der Waals surface area contributed by atoms with Gasteiger partial charge in [0.25, 0.3) is 11.8 Å². The van der Waals surface area contributed by atoms with Gasteiger partial charge in [0.1, 0.15) is 12.6 Å². The van der Waals surface area contributed by atoms with Crippen molar-refractivity contribution in [1.29, 1.82) is 0 Å². The first-order valence-corrected chi connectivity index (χ1v) is 34.3. The summed E-state index contributed by atoms with van der Waals surface area (Å²) in [5.41, 5.74) is 16.7. The van der Waals surface area contributed by atoms with E-state index in [2.05, 4.69) is 75.7 Å². The van der Waals surface area contributed by atoms with Crippen molar-refractivity contribution in [2.24, 2.45) is 5.73 Å². The summed E-state index contributed by atoms with van der Waals surface area (Å²) in [7, 11) is 0. The molecule has 0 aliphatic rings. The summed E-state index contributed by atoms with van der Waals surface area (Å²) in [6.45, 7) is 47.9. The topological polar surface area (TPSA) is 307 Å². The number of hydrogen-bond acceptors (Lipinski definition) is 17. The Morgan fingerprint density at radius 1 is 0.370 bits per heavy atom. The van der Waals surface area contributed by atoms with Crippen LogP contribution in [0.3, 0.4) is 0 Å². The van der Waals surface area contributed by atoms with E-state index < -0.39 is 5.97 Å². The average Bonchev–Trinajstić information content (AvgIpc) is 1.00. The van der Waals surface area contributed by atoms with Crippen LogP contribution in [0.4, 0.5) is 52.0 Å². The van der Waals surface area contributed by atoms with Gasteiger partial charge in [-0.2, -0.15) is 13.5 Å². The Balaban J connectivity index is -0.000000141. The minimum atomic E-state index is -0.879. The number of carbonyl (C=O) groups is 5. The zero-order valence-electron chi connectivity index (χ0n) is 64.4. The van der Waals surface area contributed by atoms with Gasteiger partial charge in [-0.05, 0) is 143 Å². The largest absolute Gasteiger partial charge is 0.478 e. The van der Waals surface area contributed by atoms with Crippen LogP contribution >= 0.6 is 13.5 Å². The summed E-state index contributed by atoms with van der Waals surface area (Å²) in [4.78, 5) is 76.6. The first kappa shape index (κ1) is 108. The van der Waals surface area contributed by atoms with Gasteiger partial charge in [0, 0.05) is 82.4 Å². The fourth-order valence-electron chi connectivity index (χ4n) is 5.86. The van der Waals surface area contributed by atoms with Gasteiger partial charge in [0.15, 0.2) is 0 Å². The van der Waals surface area contributed by atoms with E-state index in [0.717, 1.165) is 49.3 Å². The number of nitrogens with two attached hydrogens (primary N) is 2. The SMILES string of the molecule is CC.CC.CC.CC.CC.CC.CC.CC.CC.CC=O.CC=O.CCN.CCNCC.Nc1cccc(Nc2ncccn2)c1.O=C(Nc1cccc(Nc2ncccn2)c1)c1ccccc1.O=C(Nc1cccc(Nc2ncccn2)c1)c1ccccc1.O=C(O)c1ccccc1.S. The molecule has 0 fully saturated rings. The third kappa shape index (κ3) is 63.8. The number of hydrogen-bond donors (Lipinski definition) is 9. The van der Waals surface area contributed by atoms with Crippen LogP contribution in [-0.4, -0.2) is 85.0 Å². The van der Waals surface area contributed by atoms with Gasteiger partial charge in [0.2, 0.25) is 17.8 Å². The number of carbonyl (C=O) groups excluding carboxylic acids is 4. The normalized spacial score (nSPS) is 7.96. The maximum Gasteiger partial charge on any atom is 0.335 e. The molecule has 0 atom stereocenters. The molecule has 6 aromatic carbocycles. The van der Waals surface area contributed by atoms with Gasteiger partial charge in [0.05, 0.1) is 5.56 Å². The Kier molecular flexibility index (Phi) is 96.3. The van der Waals surface area contributed by atoms with Crippen molar-refractivity contribution in [2.45, 2.75) is 159 Å². The van der Waals surface area contributed by atoms with E-state index >= 15 is 0 Å². The zero-order chi connectivity index (χ0) is 77.1. The molecule has 3 aromatic heterocycles. The fourth-order valence-corrected chi connectivity index (χ4v) is 5.86. The number of amides is 2. The number of carboxylic acid groups (broad SMARTS) is 1. The second-order valence-electron chi connectivity index (χ2n) is 15.5. The quantitative estimate of drug-likeness (QED) is 0.0383. The summed E-state index contributed by atoms with van der Waals surface area (Å²) < 4.78 is 0. The molecule has 0 radical (unpaired) electrons. The minimum absolute atomic E-state index is 0. The third-order valence-corrected chi connectivity index (χ3v) is 9.19. The number of aromatic carboxylic acids is 1. The first-order chi connectivity index (χ1) is 48.4. The molecule has 0 bridgehead atoms. The molecule has 0 aliphatic heterocycles. The highest BCUT2D eigenvalue weighted by atomic mass is 32.1. The Labute approximate surface area is 609 Å². The average molecular weight is 1400 g/mol. The van der Waals surface area contributed by atoms with Gasteiger partial charge in [-0.15, -0.1) is 0 Å². The predicted octanol–water partition coefficient (Wildman–Crippen LogP) is 20.5. The number of carboxylic acids is 1. The number of rotatable bonds is 13. The second-order valence-corrected chi connectivity index (χ2v) is 15.5. The van der Waals surface area contributed by atoms with Crippen molar-refractivity contribution >= 4 is 95.8 Å². The fraction of sp³-hybridized carbons (Fsp3) is 0.329. The number of aldehydes is 2. The van der Waals surface area contributed by atoms with Gasteiger partial charge in [-0.3, -0.25) is 9.59 Å². The maximum atomic E-state index is 12.1. The van der Waals surface area contributed by atoms with Crippen LogP contribution in [0.1, 0.15) is 190 Å². The lowest BCUT2D eigenvalue weighted by atomic mass is 10.2. The van der Waals surface area contributed by atoms with E-state index in [1.165, 1.54) is 13.8 Å². The van der Waals surface area contributed by atoms with Crippen LogP contribution < -0.4 is 43.4 Å². The van der Waals surface area contributed by atoms with Gasteiger partial charge in [-0.25, -0.2) is 34.7 Å². The Hall–Kier alpha value is -10.2. The Bertz CT molecular complexity index is 2970. The number of aromatic nitrogens is 6. The Morgan fingerprint density at radius 2 is 0.600 bits per heavy atom. The van der Waals surface area contributed by atoms with Crippen LogP contribution in [0.25, 0.3) is 0 Å². The number of benzene rings is 6. The highest BCUT2D eigenvalue weighted by molar-refractivity contribution is 7.59. The highest BCUT2D eigenvalue weighted by Gasteiger charge is 2.08. The number of nitrogen functional groups attached to an aromatic ring is 1. The molecule has 0 spiro atoms. The monoisotopic (exact) mass is 1400 g/mol. The van der Waals surface area contributed by atoms with Gasteiger partial charge in [-0.1, -0.05) is 218 Å². The van der Waals surface area contributed by atoms with Gasteiger partial charge < -0.3 is 58.1 Å². The van der Waals surface area contributed by atoms with Crippen molar-refractivity contribution < 1.29 is 29.1 Å². The predicted molar refractivity (Wildman–Crippen MR) is 437 cm³/mol. The van der Waals surface area contributed by atoms with Crippen molar-refractivity contribution in [2.75, 3.05) is 52.0 Å². The van der Waals surface area contributed by atoms with Crippen LogP contribution in [0.15, 0.2) is 219 Å². The first-order valence-electron chi connectivity index (χ1n) is 34.3. The van der Waals surface area contributed by atoms with E-state index in [9.17, 15) is 14.4 Å². The molecule has 2 amide bonds. The zero-order valence-corrected chi connectivity index (χ0v) is 65.4. The van der Waals surface area contributed by atoms with E-state index in [-0.39, 0.29) is 25.3 Å². The summed E-state index contributed by atoms with van der Waals surface area (Å²) in [5.74, 6) is 0.416. The van der Waals surface area contributed by atoms with Crippen LogP contribution in [-0.2, 0) is 9.59 Å². The minimum Gasteiger partial charge on any atom is -0.478 e. The molecular weight excluding hydrogens is 1270 g/mol. The molecule has 0 aliphatic carbocycles. The number of nitrogens with one attached hydrogen (secondary N) is 6. The van der Waals surface area contributed by atoms with Crippen LogP contribution in [0, 0.1) is 0 Å². The smallest absolute Gasteiger partial charge is 0.335 e. The molecule has 3 heterocycles. The maximum absolute atomic E-state index is 12.1. The van der Waals surface area contributed by atoms with Crippen molar-refractivity contribution in [3.8, 4) is 0 Å². The van der Waals surface area contributed by atoms with Gasteiger partial charge >= 0.3 is 5.97 Å². The van der Waals surface area contributed by atoms with Crippen LogP contribution in [0.5, 0.6) is 0 Å². The standard InChI is InChI=1S/2C17H14N4O.C10H10N4.C7H6O2.C4H11N.C2H7N.2C2H4O.9C2H6.H2S/c2*22-16(13-6-2-1-3-7-13)20-14-8-4-9-15(12-14)21-17-18-10-5-11-19-17;11-8-3-1-4-9(7-8)14-10-12-5-2-6-13-10;8-7(9)6-4-2-1-3-5-6;1-3-5-4-2;3*1-2-3;9*1-2;/h2*1-12H,(H,20,22)(H,18,19,21);1-7H,11H2,(H,12,13,14);1-5H,(H,8,9);5H,3-4H2,1-2H3;2-3H2,1H3;2*2H,1H3;9*1-2H3;1H2. The lowest BCUT2D eigenvalue weighted by molar-refractivity contribution is -0.106. The molecule has 0 unspecified atom stereocenters. The lowest BCUT2D eigenvalue weighted by Crippen LogP contribution is -2.11. The van der Waals surface area contributed by atoms with E-state index in [0.29, 0.717) is 51.6 Å². The molecule has 100 heavy (non-hydrogen) atoms. The van der Waals surface area contributed by atoms with Crippen molar-refractivity contribution in [3.05, 3.63) is 236 Å². The molecular formula is C79H126N14O6S. The van der Waals surface area contributed by atoms with E-state index in [1.807, 2.05) is 241 Å². The summed E-state index contributed by atoms with van der Waals surface area (Å²) >= 11 is 0. The summed E-state index contributed by atoms with van der Waals surface area (Å²) in [5, 5.41) is 26.4. The molecule has 9 aromatic rings. The number of nitrogens with zero attached hydrogens (tertiary/aromatic N) is 6. The molecule has 11 N–H and O–H groups in total. The molecule has 554 valence electrons. The van der Waals surface area contributed by atoms with E-state index in [4.69, 9.17) is 26.2 Å². The Morgan fingerprint density at radius 3 is 0.820 bits per heavy atom. The number of anilines is 9. The van der Waals surface area contributed by atoms with Crippen molar-refractivity contribution in [1.82, 2.24) is 35.2 Å². The summed E-state index contributed by atoms with van der Waals surface area (Å²) in [6, 6.07) is 54.0. The molecule has 20 nitrogen and oxygen atoms in total. The molecule has 9 rings (SSSR count). The van der Waals surface area contributed by atoms with Crippen molar-refractivity contribution in [3.63, 3.8) is 0 Å².